The Kier molecular flexibility index (Phi) is 3.24. The number of ether oxygens (including phenoxy) is 2. The molecule has 1 unspecified atom stereocenters. The molecule has 0 bridgehead atoms. The molecular formula is C14H16F3N3O2. The molecule has 2 aliphatic heterocycles. The summed E-state index contributed by atoms with van der Waals surface area (Å²) < 4.78 is 52.2. The third-order valence-electron chi connectivity index (χ3n) is 4.14. The van der Waals surface area contributed by atoms with Crippen LogP contribution in [0, 0.1) is 11.7 Å². The lowest BCUT2D eigenvalue weighted by Gasteiger charge is -2.37. The van der Waals surface area contributed by atoms with Gasteiger partial charge in [0.05, 0.1) is 19.1 Å². The van der Waals surface area contributed by atoms with Gasteiger partial charge in [0.1, 0.15) is 17.5 Å². The third kappa shape index (κ3) is 2.18. The molecule has 2 heterocycles. The van der Waals surface area contributed by atoms with Gasteiger partial charge in [-0.3, -0.25) is 0 Å². The molecule has 4 N–H and O–H groups in total. The third-order valence-corrected chi connectivity index (χ3v) is 4.14. The van der Waals surface area contributed by atoms with E-state index >= 15 is 0 Å². The van der Waals surface area contributed by atoms with Gasteiger partial charge in [-0.15, -0.1) is 0 Å². The number of nitrogens with two attached hydrogens (primary N) is 2. The second kappa shape index (κ2) is 4.77. The van der Waals surface area contributed by atoms with Crippen LogP contribution in [-0.2, 0) is 15.0 Å². The summed E-state index contributed by atoms with van der Waals surface area (Å²) in [6.07, 6.45) is -1.44. The maximum atomic E-state index is 14.3. The molecular weight excluding hydrogens is 299 g/mol. The lowest BCUT2D eigenvalue weighted by molar-refractivity contribution is -0.121. The van der Waals surface area contributed by atoms with Crippen molar-refractivity contribution in [3.63, 3.8) is 0 Å². The maximum absolute atomic E-state index is 14.3. The molecule has 8 heteroatoms. The molecule has 3 rings (SSSR count). The largest absolute Gasteiger partial charge is 0.465 e. The summed E-state index contributed by atoms with van der Waals surface area (Å²) in [5.74, 6) is -4.58. The van der Waals surface area contributed by atoms with Gasteiger partial charge in [0.15, 0.2) is 0 Å². The summed E-state index contributed by atoms with van der Waals surface area (Å²) in [6, 6.07) is 3.76. The fraction of sp³-hybridized carbons (Fsp3) is 0.500. The van der Waals surface area contributed by atoms with Crippen LogP contribution in [0.3, 0.4) is 0 Å². The van der Waals surface area contributed by atoms with E-state index in [1.165, 1.54) is 18.2 Å². The first-order chi connectivity index (χ1) is 10.2. The Bertz CT molecular complexity index is 632. The van der Waals surface area contributed by atoms with Gasteiger partial charge >= 0.3 is 0 Å². The predicted octanol–water partition coefficient (Wildman–Crippen LogP) is 1.62. The SMILES string of the molecule is CC(F)(F)C1OC[C@]2(c3cc(N)ccc3F)N=C(N)OC[C@H]12. The molecule has 0 saturated carbocycles. The molecule has 22 heavy (non-hydrogen) atoms. The highest BCUT2D eigenvalue weighted by Gasteiger charge is 2.60. The highest BCUT2D eigenvalue weighted by molar-refractivity contribution is 5.73. The van der Waals surface area contributed by atoms with E-state index in [9.17, 15) is 13.2 Å². The Morgan fingerprint density at radius 1 is 1.36 bits per heavy atom. The minimum Gasteiger partial charge on any atom is -0.465 e. The number of fused-ring (bicyclic) bond motifs is 1. The quantitative estimate of drug-likeness (QED) is 0.812. The second-order valence-corrected chi connectivity index (χ2v) is 5.72. The highest BCUT2D eigenvalue weighted by atomic mass is 19.3. The van der Waals surface area contributed by atoms with Gasteiger partial charge in [0.25, 0.3) is 11.9 Å². The lowest BCUT2D eigenvalue weighted by Crippen LogP contribution is -2.48. The molecule has 0 spiro atoms. The summed E-state index contributed by atoms with van der Waals surface area (Å²) in [5, 5.41) is 0. The minimum atomic E-state index is -3.12. The molecule has 1 fully saturated rings. The number of halogens is 3. The normalized spacial score (nSPS) is 31.4. The number of rotatable bonds is 2. The van der Waals surface area contributed by atoms with Crippen molar-refractivity contribution in [2.75, 3.05) is 18.9 Å². The average Bonchev–Trinajstić information content (AvgIpc) is 2.80. The van der Waals surface area contributed by atoms with Crippen LogP contribution < -0.4 is 11.5 Å². The lowest BCUT2D eigenvalue weighted by atomic mass is 9.76. The number of benzene rings is 1. The standard InChI is InChI=1S/C14H16F3N3O2/c1-13(16,17)11-9-5-21-12(19)20-14(9,6-22-11)8-4-7(18)2-3-10(8)15/h2-4,9,11H,5-6,18H2,1H3,(H2,19,20)/t9-,11?,14-/m1/s1. The van der Waals surface area contributed by atoms with Gasteiger partial charge in [-0.2, -0.15) is 0 Å². The number of alkyl halides is 2. The van der Waals surface area contributed by atoms with Crippen molar-refractivity contribution in [2.45, 2.75) is 24.5 Å². The summed E-state index contributed by atoms with van der Waals surface area (Å²) in [4.78, 5) is 4.13. The summed E-state index contributed by atoms with van der Waals surface area (Å²) in [7, 11) is 0. The number of nitrogens with zero attached hydrogens (tertiary/aromatic N) is 1. The number of nitrogen functional groups attached to an aromatic ring is 1. The summed E-state index contributed by atoms with van der Waals surface area (Å²) in [5.41, 5.74) is 10.3. The van der Waals surface area contributed by atoms with Gasteiger partial charge in [0.2, 0.25) is 0 Å². The van der Waals surface area contributed by atoms with Crippen molar-refractivity contribution in [3.8, 4) is 0 Å². The van der Waals surface area contributed by atoms with E-state index < -0.39 is 29.3 Å². The van der Waals surface area contributed by atoms with E-state index in [2.05, 4.69) is 4.99 Å². The number of aliphatic imine (C=N–C) groups is 1. The Balaban J connectivity index is 2.15. The molecule has 2 aliphatic rings. The van der Waals surface area contributed by atoms with Crippen molar-refractivity contribution in [1.29, 1.82) is 0 Å². The molecule has 0 radical (unpaired) electrons. The van der Waals surface area contributed by atoms with Crippen molar-refractivity contribution in [2.24, 2.45) is 16.6 Å². The van der Waals surface area contributed by atoms with Crippen molar-refractivity contribution in [3.05, 3.63) is 29.6 Å². The smallest absolute Gasteiger partial charge is 0.282 e. The Labute approximate surface area is 125 Å². The molecule has 3 atom stereocenters. The molecule has 0 aromatic heterocycles. The number of anilines is 1. The number of amidine groups is 1. The van der Waals surface area contributed by atoms with Gasteiger partial charge < -0.3 is 20.9 Å². The van der Waals surface area contributed by atoms with E-state index in [-0.39, 0.29) is 24.8 Å². The average molecular weight is 315 g/mol. The van der Waals surface area contributed by atoms with Crippen LogP contribution in [0.5, 0.6) is 0 Å². The molecule has 5 nitrogen and oxygen atoms in total. The van der Waals surface area contributed by atoms with Crippen LogP contribution in [0.15, 0.2) is 23.2 Å². The molecule has 120 valence electrons. The minimum absolute atomic E-state index is 0.0931. The van der Waals surface area contributed by atoms with Crippen molar-refractivity contribution >= 4 is 11.7 Å². The van der Waals surface area contributed by atoms with Crippen LogP contribution in [0.1, 0.15) is 12.5 Å². The first kappa shape index (κ1) is 15.0. The fourth-order valence-corrected chi connectivity index (χ4v) is 3.15. The van der Waals surface area contributed by atoms with Crippen LogP contribution in [0.25, 0.3) is 0 Å². The van der Waals surface area contributed by atoms with E-state index in [4.69, 9.17) is 20.9 Å². The fourth-order valence-electron chi connectivity index (χ4n) is 3.15. The van der Waals surface area contributed by atoms with Gasteiger partial charge in [-0.1, -0.05) is 0 Å². The zero-order valence-electron chi connectivity index (χ0n) is 11.9. The topological polar surface area (TPSA) is 82.9 Å². The second-order valence-electron chi connectivity index (χ2n) is 5.72. The maximum Gasteiger partial charge on any atom is 0.282 e. The molecule has 1 aromatic rings. The Hall–Kier alpha value is -1.96. The molecule has 0 amide bonds. The zero-order chi connectivity index (χ0) is 16.1. The zero-order valence-corrected chi connectivity index (χ0v) is 11.9. The molecule has 0 aliphatic carbocycles. The first-order valence-corrected chi connectivity index (χ1v) is 6.77. The molecule has 1 aromatic carbocycles. The number of hydrogen-bond donors (Lipinski definition) is 2. The van der Waals surface area contributed by atoms with Gasteiger partial charge in [0, 0.05) is 18.2 Å². The molecule has 1 saturated heterocycles. The number of hydrogen-bond acceptors (Lipinski definition) is 5. The monoisotopic (exact) mass is 315 g/mol. The van der Waals surface area contributed by atoms with E-state index in [0.717, 1.165) is 6.92 Å². The first-order valence-electron chi connectivity index (χ1n) is 6.77. The summed E-state index contributed by atoms with van der Waals surface area (Å²) in [6.45, 7) is 0.416. The van der Waals surface area contributed by atoms with E-state index in [0.29, 0.717) is 5.69 Å². The van der Waals surface area contributed by atoms with Crippen LogP contribution >= 0.6 is 0 Å². The summed E-state index contributed by atoms with van der Waals surface area (Å²) >= 11 is 0. The highest BCUT2D eigenvalue weighted by Crippen LogP contribution is 2.49. The van der Waals surface area contributed by atoms with Crippen molar-refractivity contribution in [1.82, 2.24) is 0 Å². The van der Waals surface area contributed by atoms with Crippen LogP contribution in [-0.4, -0.2) is 31.3 Å². The van der Waals surface area contributed by atoms with Crippen molar-refractivity contribution < 1.29 is 22.6 Å². The Morgan fingerprint density at radius 3 is 2.77 bits per heavy atom. The predicted molar refractivity (Wildman–Crippen MR) is 73.9 cm³/mol. The van der Waals surface area contributed by atoms with Crippen LogP contribution in [0.4, 0.5) is 18.9 Å². The van der Waals surface area contributed by atoms with E-state index in [1.807, 2.05) is 0 Å². The Morgan fingerprint density at radius 2 is 2.09 bits per heavy atom. The van der Waals surface area contributed by atoms with Gasteiger partial charge in [-0.25, -0.2) is 18.2 Å². The van der Waals surface area contributed by atoms with Crippen LogP contribution in [0.2, 0.25) is 0 Å². The van der Waals surface area contributed by atoms with E-state index in [1.54, 1.807) is 0 Å². The van der Waals surface area contributed by atoms with Gasteiger partial charge in [-0.05, 0) is 18.2 Å².